The lowest BCUT2D eigenvalue weighted by atomic mass is 9.82. The Kier molecular flexibility index (Phi) is 3.98. The average molecular weight is 292 g/mol. The molecular weight excluding hydrogens is 277 g/mol. The van der Waals surface area contributed by atoms with E-state index in [-0.39, 0.29) is 12.4 Å². The van der Waals surface area contributed by atoms with Crippen LogP contribution in [0.2, 0.25) is 5.15 Å². The first kappa shape index (κ1) is 13.1. The normalized spacial score (nSPS) is 23.4. The van der Waals surface area contributed by atoms with Crippen LogP contribution in [-0.2, 0) is 6.54 Å². The van der Waals surface area contributed by atoms with E-state index >= 15 is 0 Å². The summed E-state index contributed by atoms with van der Waals surface area (Å²) in [6.45, 7) is 3.11. The lowest BCUT2D eigenvalue weighted by molar-refractivity contribution is 0.239. The van der Waals surface area contributed by atoms with Crippen molar-refractivity contribution in [3.05, 3.63) is 22.4 Å². The third kappa shape index (κ3) is 2.45. The van der Waals surface area contributed by atoms with Gasteiger partial charge < -0.3 is 5.32 Å². The summed E-state index contributed by atoms with van der Waals surface area (Å²) in [5.41, 5.74) is 1.08. The van der Waals surface area contributed by atoms with Crippen molar-refractivity contribution < 1.29 is 0 Å². The van der Waals surface area contributed by atoms with Gasteiger partial charge in [-0.2, -0.15) is 0 Å². The molecule has 1 aliphatic rings. The van der Waals surface area contributed by atoms with Crippen molar-refractivity contribution in [3.8, 4) is 0 Å². The van der Waals surface area contributed by atoms with Crippen LogP contribution in [0, 0.1) is 5.92 Å². The zero-order valence-corrected chi connectivity index (χ0v) is 11.9. The van der Waals surface area contributed by atoms with Gasteiger partial charge in [0, 0.05) is 24.2 Å². The topological polar surface area (TPSA) is 29.3 Å². The number of thiazole rings is 1. The molecule has 3 nitrogen and oxygen atoms in total. The molecule has 0 aromatic carbocycles. The number of fused-ring (bicyclic) bond motifs is 1. The van der Waals surface area contributed by atoms with Crippen molar-refractivity contribution in [1.29, 1.82) is 0 Å². The minimum atomic E-state index is 0. The maximum Gasteiger partial charge on any atom is 0.195 e. The van der Waals surface area contributed by atoms with Crippen LogP contribution in [0.5, 0.6) is 0 Å². The summed E-state index contributed by atoms with van der Waals surface area (Å²) in [5, 5.41) is 6.20. The Balaban J connectivity index is 0.00000108. The van der Waals surface area contributed by atoms with Crippen LogP contribution in [0.3, 0.4) is 0 Å². The van der Waals surface area contributed by atoms with E-state index in [2.05, 4.69) is 21.6 Å². The van der Waals surface area contributed by atoms with E-state index in [1.165, 1.54) is 12.8 Å². The molecule has 1 fully saturated rings. The Morgan fingerprint density at radius 1 is 1.59 bits per heavy atom. The lowest BCUT2D eigenvalue weighted by Gasteiger charge is -2.33. The van der Waals surface area contributed by atoms with E-state index in [4.69, 9.17) is 11.6 Å². The van der Waals surface area contributed by atoms with Crippen LogP contribution in [-0.4, -0.2) is 15.4 Å². The summed E-state index contributed by atoms with van der Waals surface area (Å²) in [4.78, 5) is 5.29. The second-order valence-corrected chi connectivity index (χ2v) is 5.79. The first-order valence-corrected chi connectivity index (χ1v) is 6.83. The van der Waals surface area contributed by atoms with Crippen molar-refractivity contribution in [2.24, 2.45) is 5.92 Å². The second kappa shape index (κ2) is 5.14. The Labute approximate surface area is 116 Å². The summed E-state index contributed by atoms with van der Waals surface area (Å²) < 4.78 is 2.07. The Morgan fingerprint density at radius 2 is 2.35 bits per heavy atom. The third-order valence-corrected chi connectivity index (χ3v) is 4.30. The minimum absolute atomic E-state index is 0. The molecule has 0 atom stereocenters. The van der Waals surface area contributed by atoms with Crippen molar-refractivity contribution in [1.82, 2.24) is 14.7 Å². The predicted octanol–water partition coefficient (Wildman–Crippen LogP) is 3.36. The fourth-order valence-corrected chi connectivity index (χ4v) is 3.30. The van der Waals surface area contributed by atoms with Gasteiger partial charge in [0.2, 0.25) is 0 Å². The Morgan fingerprint density at radius 3 is 3.06 bits per heavy atom. The van der Waals surface area contributed by atoms with Crippen LogP contribution in [0.25, 0.3) is 4.96 Å². The highest BCUT2D eigenvalue weighted by Crippen LogP contribution is 2.27. The summed E-state index contributed by atoms with van der Waals surface area (Å²) in [7, 11) is 0. The van der Waals surface area contributed by atoms with Gasteiger partial charge in [0.25, 0.3) is 0 Å². The molecule has 0 saturated heterocycles. The number of nitrogens with one attached hydrogen (secondary N) is 1. The van der Waals surface area contributed by atoms with E-state index < -0.39 is 0 Å². The summed E-state index contributed by atoms with van der Waals surface area (Å²) in [6, 6.07) is 0.662. The molecule has 0 aliphatic heterocycles. The van der Waals surface area contributed by atoms with Gasteiger partial charge in [-0.05, 0) is 18.8 Å². The molecule has 17 heavy (non-hydrogen) atoms. The number of nitrogens with zero attached hydrogens (tertiary/aromatic N) is 2. The molecule has 0 unspecified atom stereocenters. The zero-order valence-electron chi connectivity index (χ0n) is 9.52. The molecule has 2 aromatic heterocycles. The van der Waals surface area contributed by atoms with Gasteiger partial charge in [-0.1, -0.05) is 18.5 Å². The van der Waals surface area contributed by atoms with Gasteiger partial charge >= 0.3 is 0 Å². The smallest absolute Gasteiger partial charge is 0.195 e. The fourth-order valence-electron chi connectivity index (χ4n) is 2.27. The minimum Gasteiger partial charge on any atom is -0.308 e. The molecule has 1 aliphatic carbocycles. The summed E-state index contributed by atoms with van der Waals surface area (Å²) >= 11 is 7.73. The largest absolute Gasteiger partial charge is 0.308 e. The highest BCUT2D eigenvalue weighted by atomic mass is 35.5. The van der Waals surface area contributed by atoms with E-state index in [0.29, 0.717) is 11.2 Å². The summed E-state index contributed by atoms with van der Waals surface area (Å²) in [6.07, 6.45) is 4.59. The SMILES string of the molecule is CC1CC(NCc2c(Cl)nc3sccn23)C1.Cl. The quantitative estimate of drug-likeness (QED) is 0.940. The highest BCUT2D eigenvalue weighted by Gasteiger charge is 2.25. The van der Waals surface area contributed by atoms with Gasteiger partial charge in [-0.25, -0.2) is 4.98 Å². The van der Waals surface area contributed by atoms with Crippen molar-refractivity contribution >= 4 is 40.3 Å². The molecule has 0 bridgehead atoms. The molecule has 2 aromatic rings. The molecule has 0 radical (unpaired) electrons. The van der Waals surface area contributed by atoms with Crippen LogP contribution >= 0.6 is 35.3 Å². The van der Waals surface area contributed by atoms with E-state index in [9.17, 15) is 0 Å². The fraction of sp³-hybridized carbons (Fsp3) is 0.545. The van der Waals surface area contributed by atoms with Gasteiger partial charge in [-0.15, -0.1) is 23.7 Å². The van der Waals surface area contributed by atoms with Crippen molar-refractivity contribution in [3.63, 3.8) is 0 Å². The van der Waals surface area contributed by atoms with Crippen LogP contribution in [0.1, 0.15) is 25.5 Å². The molecule has 6 heteroatoms. The first-order chi connectivity index (χ1) is 7.74. The number of halogens is 2. The average Bonchev–Trinajstić information content (AvgIpc) is 2.72. The standard InChI is InChI=1S/C11H14ClN3S.ClH/c1-7-4-8(5-7)13-6-9-10(12)14-11-15(9)2-3-16-11;/h2-3,7-8,13H,4-6H2,1H3;1H. The highest BCUT2D eigenvalue weighted by molar-refractivity contribution is 7.15. The lowest BCUT2D eigenvalue weighted by Crippen LogP contribution is -2.39. The molecular formula is C11H15Cl2N3S. The third-order valence-electron chi connectivity index (χ3n) is 3.24. The number of aromatic nitrogens is 2. The first-order valence-electron chi connectivity index (χ1n) is 5.57. The van der Waals surface area contributed by atoms with Crippen LogP contribution in [0.4, 0.5) is 0 Å². The Hall–Kier alpha value is -0.290. The van der Waals surface area contributed by atoms with E-state index in [1.807, 2.05) is 11.6 Å². The van der Waals surface area contributed by atoms with E-state index in [1.54, 1.807) is 11.3 Å². The number of hydrogen-bond acceptors (Lipinski definition) is 3. The number of rotatable bonds is 3. The van der Waals surface area contributed by atoms with Gasteiger partial charge in [0.05, 0.1) is 5.69 Å². The molecule has 0 amide bonds. The second-order valence-electron chi connectivity index (χ2n) is 4.56. The molecule has 94 valence electrons. The van der Waals surface area contributed by atoms with Crippen molar-refractivity contribution in [2.45, 2.75) is 32.4 Å². The molecule has 2 heterocycles. The van der Waals surface area contributed by atoms with Gasteiger partial charge in [-0.3, -0.25) is 4.40 Å². The maximum atomic E-state index is 6.12. The maximum absolute atomic E-state index is 6.12. The number of imidazole rings is 1. The number of hydrogen-bond donors (Lipinski definition) is 1. The van der Waals surface area contributed by atoms with Gasteiger partial charge in [0.1, 0.15) is 0 Å². The zero-order chi connectivity index (χ0) is 11.1. The molecule has 1 N–H and O–H groups in total. The molecule has 1 saturated carbocycles. The van der Waals surface area contributed by atoms with Crippen LogP contribution < -0.4 is 5.32 Å². The molecule has 0 spiro atoms. The van der Waals surface area contributed by atoms with Gasteiger partial charge in [0.15, 0.2) is 10.1 Å². The summed E-state index contributed by atoms with van der Waals surface area (Å²) in [5.74, 6) is 0.875. The monoisotopic (exact) mass is 291 g/mol. The van der Waals surface area contributed by atoms with Crippen LogP contribution in [0.15, 0.2) is 11.6 Å². The van der Waals surface area contributed by atoms with E-state index in [0.717, 1.165) is 23.1 Å². The Bertz CT molecular complexity index is 502. The predicted molar refractivity (Wildman–Crippen MR) is 74.4 cm³/mol. The molecule has 3 rings (SSSR count). The van der Waals surface area contributed by atoms with Crippen molar-refractivity contribution in [2.75, 3.05) is 0 Å².